The van der Waals surface area contributed by atoms with Gasteiger partial charge in [-0.3, -0.25) is 0 Å². The van der Waals surface area contributed by atoms with E-state index in [0.717, 1.165) is 18.8 Å². The topological polar surface area (TPSA) is 32.3 Å². The van der Waals surface area contributed by atoms with Gasteiger partial charge in [-0.25, -0.2) is 0 Å². The van der Waals surface area contributed by atoms with Crippen LogP contribution in [0.1, 0.15) is 51.9 Å². The van der Waals surface area contributed by atoms with Gasteiger partial charge in [-0.15, -0.1) is 0 Å². The molecule has 0 bridgehead atoms. The molecular weight excluding hydrogens is 174 g/mol. The van der Waals surface area contributed by atoms with Crippen LogP contribution < -0.4 is 5.32 Å². The molecule has 0 amide bonds. The van der Waals surface area contributed by atoms with Crippen molar-refractivity contribution in [1.82, 2.24) is 5.32 Å². The van der Waals surface area contributed by atoms with E-state index in [1.807, 2.05) is 0 Å². The zero-order chi connectivity index (χ0) is 10.2. The number of aliphatic hydroxyl groups excluding tert-OH is 1. The van der Waals surface area contributed by atoms with Crippen LogP contribution in [-0.2, 0) is 0 Å². The molecule has 0 aliphatic heterocycles. The van der Waals surface area contributed by atoms with Crippen molar-refractivity contribution in [1.29, 1.82) is 0 Å². The summed E-state index contributed by atoms with van der Waals surface area (Å²) in [6.07, 6.45) is 9.16. The van der Waals surface area contributed by atoms with Crippen LogP contribution in [0, 0.1) is 5.92 Å². The second-order valence-corrected chi connectivity index (χ2v) is 4.68. The van der Waals surface area contributed by atoms with Gasteiger partial charge in [-0.05, 0) is 45.1 Å². The molecule has 2 nitrogen and oxygen atoms in total. The maximum atomic E-state index is 8.70. The number of nitrogens with one attached hydrogen (secondary N) is 1. The number of rotatable bonds is 6. The van der Waals surface area contributed by atoms with Gasteiger partial charge in [0, 0.05) is 12.6 Å². The van der Waals surface area contributed by atoms with E-state index >= 15 is 0 Å². The Balaban J connectivity index is 2.00. The summed E-state index contributed by atoms with van der Waals surface area (Å²) in [5.41, 5.74) is 0. The Kier molecular flexibility index (Phi) is 6.20. The molecule has 0 radical (unpaired) electrons. The van der Waals surface area contributed by atoms with Gasteiger partial charge < -0.3 is 10.4 Å². The van der Waals surface area contributed by atoms with Crippen LogP contribution in [0.5, 0.6) is 0 Å². The summed E-state index contributed by atoms with van der Waals surface area (Å²) in [4.78, 5) is 0. The summed E-state index contributed by atoms with van der Waals surface area (Å²) < 4.78 is 0. The van der Waals surface area contributed by atoms with Crippen LogP contribution in [0.15, 0.2) is 0 Å². The molecule has 1 atom stereocenters. The van der Waals surface area contributed by atoms with E-state index in [-0.39, 0.29) is 0 Å². The Morgan fingerprint density at radius 1 is 1.29 bits per heavy atom. The molecule has 1 saturated carbocycles. The molecule has 1 aliphatic carbocycles. The monoisotopic (exact) mass is 199 g/mol. The zero-order valence-electron chi connectivity index (χ0n) is 9.47. The predicted molar refractivity (Wildman–Crippen MR) is 60.4 cm³/mol. The summed E-state index contributed by atoms with van der Waals surface area (Å²) in [5.74, 6) is 0.917. The summed E-state index contributed by atoms with van der Waals surface area (Å²) in [5, 5.41) is 12.3. The Morgan fingerprint density at radius 3 is 2.64 bits per heavy atom. The van der Waals surface area contributed by atoms with E-state index < -0.39 is 0 Å². The molecule has 84 valence electrons. The zero-order valence-corrected chi connectivity index (χ0v) is 9.47. The SMILES string of the molecule is C[C@H](CCCO)NCC1CCCCC1. The first-order valence-corrected chi connectivity index (χ1v) is 6.17. The molecule has 14 heavy (non-hydrogen) atoms. The Morgan fingerprint density at radius 2 is 2.00 bits per heavy atom. The number of aliphatic hydroxyl groups is 1. The molecule has 0 aromatic heterocycles. The molecule has 1 aliphatic rings. The summed E-state index contributed by atoms with van der Waals surface area (Å²) >= 11 is 0. The van der Waals surface area contributed by atoms with Gasteiger partial charge in [-0.2, -0.15) is 0 Å². The first kappa shape index (κ1) is 12.0. The van der Waals surface area contributed by atoms with Gasteiger partial charge in [0.1, 0.15) is 0 Å². The van der Waals surface area contributed by atoms with Gasteiger partial charge in [0.15, 0.2) is 0 Å². The highest BCUT2D eigenvalue weighted by Gasteiger charge is 2.13. The fourth-order valence-electron chi connectivity index (χ4n) is 2.26. The minimum atomic E-state index is 0.329. The van der Waals surface area contributed by atoms with E-state index in [2.05, 4.69) is 12.2 Å². The fourth-order valence-corrected chi connectivity index (χ4v) is 2.26. The maximum Gasteiger partial charge on any atom is 0.0431 e. The van der Waals surface area contributed by atoms with Crippen LogP contribution >= 0.6 is 0 Å². The van der Waals surface area contributed by atoms with E-state index in [1.54, 1.807) is 0 Å². The van der Waals surface area contributed by atoms with Crippen molar-refractivity contribution in [2.45, 2.75) is 57.9 Å². The van der Waals surface area contributed by atoms with Crippen molar-refractivity contribution in [2.24, 2.45) is 5.92 Å². The van der Waals surface area contributed by atoms with Crippen LogP contribution in [0.4, 0.5) is 0 Å². The third-order valence-corrected chi connectivity index (χ3v) is 3.27. The molecule has 0 spiro atoms. The second-order valence-electron chi connectivity index (χ2n) is 4.68. The molecule has 0 aromatic carbocycles. The van der Waals surface area contributed by atoms with Crippen LogP contribution in [0.25, 0.3) is 0 Å². The minimum Gasteiger partial charge on any atom is -0.396 e. The average molecular weight is 199 g/mol. The van der Waals surface area contributed by atoms with Crippen LogP contribution in [0.2, 0.25) is 0 Å². The Bertz CT molecular complexity index is 132. The van der Waals surface area contributed by atoms with Crippen molar-refractivity contribution in [3.05, 3.63) is 0 Å². The number of hydrogen-bond donors (Lipinski definition) is 2. The highest BCUT2D eigenvalue weighted by Crippen LogP contribution is 2.22. The van der Waals surface area contributed by atoms with Crippen molar-refractivity contribution < 1.29 is 5.11 Å². The molecule has 2 N–H and O–H groups in total. The molecule has 2 heteroatoms. The maximum absolute atomic E-state index is 8.70. The molecule has 1 fully saturated rings. The van der Waals surface area contributed by atoms with E-state index in [0.29, 0.717) is 12.6 Å². The lowest BCUT2D eigenvalue weighted by molar-refractivity contribution is 0.271. The molecule has 0 unspecified atom stereocenters. The van der Waals surface area contributed by atoms with Crippen LogP contribution in [-0.4, -0.2) is 24.3 Å². The third kappa shape index (κ3) is 4.97. The smallest absolute Gasteiger partial charge is 0.0431 e. The molecule has 0 saturated heterocycles. The first-order chi connectivity index (χ1) is 6.83. The molecular formula is C12H25NO. The standard InChI is InChI=1S/C12H25NO/c1-11(6-5-9-14)13-10-12-7-3-2-4-8-12/h11-14H,2-10H2,1H3/t11-/m1/s1. The molecule has 0 aromatic rings. The van der Waals surface area contributed by atoms with Crippen molar-refractivity contribution in [3.8, 4) is 0 Å². The fraction of sp³-hybridized carbons (Fsp3) is 1.00. The van der Waals surface area contributed by atoms with E-state index in [1.165, 1.54) is 38.6 Å². The van der Waals surface area contributed by atoms with Gasteiger partial charge in [0.25, 0.3) is 0 Å². The van der Waals surface area contributed by atoms with Crippen molar-refractivity contribution >= 4 is 0 Å². The molecule has 0 heterocycles. The summed E-state index contributed by atoms with van der Waals surface area (Å²) in [7, 11) is 0. The lowest BCUT2D eigenvalue weighted by Gasteiger charge is -2.24. The highest BCUT2D eigenvalue weighted by molar-refractivity contribution is 4.70. The van der Waals surface area contributed by atoms with Gasteiger partial charge in [0.05, 0.1) is 0 Å². The lowest BCUT2D eigenvalue weighted by atomic mass is 9.89. The predicted octanol–water partition coefficient (Wildman–Crippen LogP) is 2.32. The first-order valence-electron chi connectivity index (χ1n) is 6.17. The lowest BCUT2D eigenvalue weighted by Crippen LogP contribution is -2.32. The number of hydrogen-bond acceptors (Lipinski definition) is 2. The largest absolute Gasteiger partial charge is 0.396 e. The summed E-state index contributed by atoms with van der Waals surface area (Å²) in [6.45, 7) is 3.74. The van der Waals surface area contributed by atoms with Crippen molar-refractivity contribution in [3.63, 3.8) is 0 Å². The van der Waals surface area contributed by atoms with Gasteiger partial charge >= 0.3 is 0 Å². The molecule has 1 rings (SSSR count). The van der Waals surface area contributed by atoms with E-state index in [9.17, 15) is 0 Å². The second kappa shape index (κ2) is 7.24. The Labute approximate surface area is 88.1 Å². The van der Waals surface area contributed by atoms with Gasteiger partial charge in [0.2, 0.25) is 0 Å². The average Bonchev–Trinajstić information content (AvgIpc) is 2.25. The quantitative estimate of drug-likeness (QED) is 0.688. The third-order valence-electron chi connectivity index (χ3n) is 3.27. The van der Waals surface area contributed by atoms with Crippen LogP contribution in [0.3, 0.4) is 0 Å². The Hall–Kier alpha value is -0.0800. The minimum absolute atomic E-state index is 0.329. The van der Waals surface area contributed by atoms with E-state index in [4.69, 9.17) is 5.11 Å². The highest BCUT2D eigenvalue weighted by atomic mass is 16.2. The van der Waals surface area contributed by atoms with Crippen molar-refractivity contribution in [2.75, 3.05) is 13.2 Å². The summed E-state index contributed by atoms with van der Waals surface area (Å²) in [6, 6.07) is 0.573. The normalized spacial score (nSPS) is 21.0. The van der Waals surface area contributed by atoms with Gasteiger partial charge in [-0.1, -0.05) is 19.3 Å².